The molecule has 8 nitrogen and oxygen atoms in total. The molecule has 0 aliphatic carbocycles. The molecule has 0 aromatic heterocycles. The molecule has 0 saturated heterocycles. The summed E-state index contributed by atoms with van der Waals surface area (Å²) in [4.78, 5) is 41.3. The molecule has 0 aliphatic rings. The van der Waals surface area contributed by atoms with Gasteiger partial charge in [-0.15, -0.1) is 0 Å². The van der Waals surface area contributed by atoms with Crippen molar-refractivity contribution in [3.63, 3.8) is 0 Å². The van der Waals surface area contributed by atoms with E-state index in [1.807, 2.05) is 20.1 Å². The number of phenolic OH excluding ortho intramolecular Hbond substituents is 1. The number of hydrogen-bond acceptors (Lipinski definition) is 6. The van der Waals surface area contributed by atoms with E-state index in [1.54, 1.807) is 44.7 Å². The first kappa shape index (κ1) is 30.6. The van der Waals surface area contributed by atoms with Crippen LogP contribution in [0.2, 0.25) is 0 Å². The fourth-order valence-electron chi connectivity index (χ4n) is 3.49. The maximum atomic E-state index is 13.9. The van der Waals surface area contributed by atoms with Crippen LogP contribution in [-0.2, 0) is 14.3 Å². The van der Waals surface area contributed by atoms with Gasteiger partial charge >= 0.3 is 6.09 Å². The Hall–Kier alpha value is -2.42. The van der Waals surface area contributed by atoms with E-state index in [2.05, 4.69) is 10.6 Å². The molecule has 0 heterocycles. The lowest BCUT2D eigenvalue weighted by Gasteiger charge is -2.34. The number of carbonyl (C=O) groups is 3. The van der Waals surface area contributed by atoms with Crippen molar-refractivity contribution in [3.8, 4) is 5.75 Å². The van der Waals surface area contributed by atoms with E-state index in [-0.39, 0.29) is 17.6 Å². The van der Waals surface area contributed by atoms with Crippen molar-refractivity contribution in [3.05, 3.63) is 29.8 Å². The summed E-state index contributed by atoms with van der Waals surface area (Å²) in [5.74, 6) is 0.00197. The topological polar surface area (TPSA) is 108 Å². The molecule has 1 aromatic rings. The van der Waals surface area contributed by atoms with Crippen molar-refractivity contribution in [2.24, 2.45) is 0 Å². The predicted molar refractivity (Wildman–Crippen MR) is 142 cm³/mol. The standard InChI is InChI=1S/C26H43N3O5S/c1-7-9-15-27-23(31)22(19-12-11-13-20(30)18-19)29(16-10-8-2)24(32)21(14-17-35-6)28-25(33)34-26(3,4)5/h11-13,18,21-22,30H,7-10,14-17H2,1-6H3,(H,27,31)(H,28,33). The SMILES string of the molecule is CCCCNC(=O)C(c1cccc(O)c1)N(CCCC)C(=O)C(CCSC)NC(=O)OC(C)(C)C. The number of alkyl carbamates (subject to hydrolysis) is 1. The average Bonchev–Trinajstić information content (AvgIpc) is 2.77. The maximum Gasteiger partial charge on any atom is 0.408 e. The van der Waals surface area contributed by atoms with E-state index in [0.29, 0.717) is 37.2 Å². The van der Waals surface area contributed by atoms with Crippen LogP contribution in [0.15, 0.2) is 24.3 Å². The van der Waals surface area contributed by atoms with Gasteiger partial charge in [0.1, 0.15) is 23.4 Å². The lowest BCUT2D eigenvalue weighted by atomic mass is 10.0. The molecule has 0 saturated carbocycles. The van der Waals surface area contributed by atoms with Crippen LogP contribution in [0.25, 0.3) is 0 Å². The third kappa shape index (κ3) is 11.2. The van der Waals surface area contributed by atoms with Crippen molar-refractivity contribution < 1.29 is 24.2 Å². The van der Waals surface area contributed by atoms with E-state index in [1.165, 1.54) is 17.0 Å². The van der Waals surface area contributed by atoms with E-state index < -0.39 is 23.8 Å². The summed E-state index contributed by atoms with van der Waals surface area (Å²) in [7, 11) is 0. The van der Waals surface area contributed by atoms with Gasteiger partial charge in [0.15, 0.2) is 0 Å². The van der Waals surface area contributed by atoms with Gasteiger partial charge in [-0.25, -0.2) is 4.79 Å². The Balaban J connectivity index is 3.38. The van der Waals surface area contributed by atoms with Crippen LogP contribution in [0.1, 0.15) is 78.3 Å². The molecule has 2 atom stereocenters. The van der Waals surface area contributed by atoms with E-state index in [9.17, 15) is 19.5 Å². The quantitative estimate of drug-likeness (QED) is 0.316. The van der Waals surface area contributed by atoms with Gasteiger partial charge in [-0.05, 0) is 69.7 Å². The van der Waals surface area contributed by atoms with Gasteiger partial charge in [0.25, 0.3) is 0 Å². The first-order valence-electron chi connectivity index (χ1n) is 12.4. The minimum atomic E-state index is -0.935. The van der Waals surface area contributed by atoms with Gasteiger partial charge in [0.05, 0.1) is 0 Å². The third-order valence-corrected chi connectivity index (χ3v) is 5.85. The number of nitrogens with zero attached hydrogens (tertiary/aromatic N) is 1. The molecular formula is C26H43N3O5S. The molecule has 3 N–H and O–H groups in total. The molecule has 2 unspecified atom stereocenters. The molecule has 0 spiro atoms. The summed E-state index contributed by atoms with van der Waals surface area (Å²) >= 11 is 1.57. The van der Waals surface area contributed by atoms with Crippen LogP contribution in [0.4, 0.5) is 4.79 Å². The van der Waals surface area contributed by atoms with Crippen LogP contribution < -0.4 is 10.6 Å². The summed E-state index contributed by atoms with van der Waals surface area (Å²) in [5.41, 5.74) is -0.188. The molecule has 1 rings (SSSR count). The fourth-order valence-corrected chi connectivity index (χ4v) is 3.96. The van der Waals surface area contributed by atoms with Crippen LogP contribution >= 0.6 is 11.8 Å². The molecule has 1 aromatic carbocycles. The Kier molecular flexibility index (Phi) is 13.6. The number of benzene rings is 1. The van der Waals surface area contributed by atoms with Gasteiger partial charge in [0.2, 0.25) is 11.8 Å². The Morgan fingerprint density at radius 1 is 1.14 bits per heavy atom. The molecule has 3 amide bonds. The second-order valence-corrected chi connectivity index (χ2v) is 10.5. The minimum absolute atomic E-state index is 0.0163. The summed E-state index contributed by atoms with van der Waals surface area (Å²) in [6, 6.07) is 4.64. The lowest BCUT2D eigenvalue weighted by Crippen LogP contribution is -2.53. The average molecular weight is 510 g/mol. The molecule has 9 heteroatoms. The number of ether oxygens (including phenoxy) is 1. The first-order chi connectivity index (χ1) is 16.5. The monoisotopic (exact) mass is 509 g/mol. The van der Waals surface area contributed by atoms with Crippen molar-refractivity contribution in [2.45, 2.75) is 84.4 Å². The first-order valence-corrected chi connectivity index (χ1v) is 13.8. The molecular weight excluding hydrogens is 466 g/mol. The highest BCUT2D eigenvalue weighted by Crippen LogP contribution is 2.26. The van der Waals surface area contributed by atoms with Crippen LogP contribution in [-0.4, -0.2) is 64.7 Å². The number of rotatable bonds is 14. The second-order valence-electron chi connectivity index (χ2n) is 9.51. The van der Waals surface area contributed by atoms with E-state index in [4.69, 9.17) is 4.74 Å². The zero-order valence-corrected chi connectivity index (χ0v) is 22.9. The maximum absolute atomic E-state index is 13.9. The number of aromatic hydroxyl groups is 1. The highest BCUT2D eigenvalue weighted by Gasteiger charge is 2.35. The zero-order chi connectivity index (χ0) is 26.4. The minimum Gasteiger partial charge on any atom is -0.508 e. The highest BCUT2D eigenvalue weighted by atomic mass is 32.2. The summed E-state index contributed by atoms with van der Waals surface area (Å²) in [6.45, 7) is 10.2. The van der Waals surface area contributed by atoms with Crippen LogP contribution in [0.3, 0.4) is 0 Å². The highest BCUT2D eigenvalue weighted by molar-refractivity contribution is 7.98. The molecule has 35 heavy (non-hydrogen) atoms. The molecule has 0 radical (unpaired) electrons. The van der Waals surface area contributed by atoms with Crippen LogP contribution in [0.5, 0.6) is 5.75 Å². The van der Waals surface area contributed by atoms with Crippen molar-refractivity contribution in [1.82, 2.24) is 15.5 Å². The number of hydrogen-bond donors (Lipinski definition) is 3. The van der Waals surface area contributed by atoms with Crippen molar-refractivity contribution >= 4 is 29.7 Å². The van der Waals surface area contributed by atoms with Gasteiger partial charge in [0, 0.05) is 13.1 Å². The second kappa shape index (κ2) is 15.5. The molecule has 0 bridgehead atoms. The number of unbranched alkanes of at least 4 members (excludes halogenated alkanes) is 2. The van der Waals surface area contributed by atoms with Crippen LogP contribution in [0, 0.1) is 0 Å². The number of nitrogens with one attached hydrogen (secondary N) is 2. The summed E-state index contributed by atoms with van der Waals surface area (Å²) in [5, 5.41) is 15.8. The van der Waals surface area contributed by atoms with E-state index >= 15 is 0 Å². The summed E-state index contributed by atoms with van der Waals surface area (Å²) < 4.78 is 5.39. The zero-order valence-electron chi connectivity index (χ0n) is 22.1. The number of carbonyl (C=O) groups excluding carboxylic acids is 3. The largest absolute Gasteiger partial charge is 0.508 e. The van der Waals surface area contributed by atoms with Gasteiger partial charge in [-0.2, -0.15) is 11.8 Å². The normalized spacial score (nSPS) is 13.0. The van der Waals surface area contributed by atoms with E-state index in [0.717, 1.165) is 19.3 Å². The summed E-state index contributed by atoms with van der Waals surface area (Å²) in [6.07, 6.45) is 4.90. The smallest absolute Gasteiger partial charge is 0.408 e. The Morgan fingerprint density at radius 3 is 2.40 bits per heavy atom. The number of thioether (sulfide) groups is 1. The fraction of sp³-hybridized carbons (Fsp3) is 0.654. The Labute approximate surface area is 214 Å². The lowest BCUT2D eigenvalue weighted by molar-refractivity contribution is -0.142. The Morgan fingerprint density at radius 2 is 1.83 bits per heavy atom. The number of phenols is 1. The van der Waals surface area contributed by atoms with Gasteiger partial charge in [-0.1, -0.05) is 38.8 Å². The predicted octanol–water partition coefficient (Wildman–Crippen LogP) is 4.62. The van der Waals surface area contributed by atoms with Gasteiger partial charge in [-0.3, -0.25) is 9.59 Å². The van der Waals surface area contributed by atoms with Gasteiger partial charge < -0.3 is 25.4 Å². The Bertz CT molecular complexity index is 812. The molecule has 0 fully saturated rings. The third-order valence-electron chi connectivity index (χ3n) is 5.21. The molecule has 0 aliphatic heterocycles. The number of amides is 3. The van der Waals surface area contributed by atoms with Crippen molar-refractivity contribution in [1.29, 1.82) is 0 Å². The molecule has 198 valence electrons. The van der Waals surface area contributed by atoms with Crippen molar-refractivity contribution in [2.75, 3.05) is 25.1 Å².